The Morgan fingerprint density at radius 3 is 2.65 bits per heavy atom. The lowest BCUT2D eigenvalue weighted by atomic mass is 10.2. The average molecular weight is 297 g/mol. The number of ether oxygens (including phenoxy) is 1. The van der Waals surface area contributed by atoms with Gasteiger partial charge in [-0.15, -0.1) is 0 Å². The van der Waals surface area contributed by atoms with Gasteiger partial charge in [0.2, 0.25) is 0 Å². The normalized spacial score (nSPS) is 10.6. The monoisotopic (exact) mass is 297 g/mol. The third-order valence-electron chi connectivity index (χ3n) is 3.43. The molecular formula is C15H25N2O2S+. The zero-order chi connectivity index (χ0) is 15.0. The lowest BCUT2D eigenvalue weighted by Gasteiger charge is -2.15. The van der Waals surface area contributed by atoms with Crippen LogP contribution < -0.4 is 15.0 Å². The second-order valence-corrected chi connectivity index (χ2v) is 5.11. The van der Waals surface area contributed by atoms with E-state index >= 15 is 0 Å². The molecule has 4 nitrogen and oxygen atoms in total. The SMILES string of the molecule is CC[NH+](CC)CCCNC(=S)c1ccc(O)c(OC)c1. The molecule has 1 aromatic rings. The van der Waals surface area contributed by atoms with Crippen LogP contribution in [0.2, 0.25) is 0 Å². The Bertz CT molecular complexity index is 434. The van der Waals surface area contributed by atoms with Crippen molar-refractivity contribution in [2.24, 2.45) is 0 Å². The number of nitrogens with one attached hydrogen (secondary N) is 2. The van der Waals surface area contributed by atoms with E-state index in [1.807, 2.05) is 0 Å². The van der Waals surface area contributed by atoms with Crippen molar-refractivity contribution >= 4 is 17.2 Å². The maximum absolute atomic E-state index is 9.55. The van der Waals surface area contributed by atoms with E-state index in [2.05, 4.69) is 19.2 Å². The van der Waals surface area contributed by atoms with Gasteiger partial charge in [0.1, 0.15) is 4.99 Å². The summed E-state index contributed by atoms with van der Waals surface area (Å²) in [4.78, 5) is 2.29. The highest BCUT2D eigenvalue weighted by Crippen LogP contribution is 2.26. The van der Waals surface area contributed by atoms with Gasteiger partial charge in [0.05, 0.1) is 26.7 Å². The van der Waals surface area contributed by atoms with Crippen LogP contribution in [-0.2, 0) is 0 Å². The maximum Gasteiger partial charge on any atom is 0.161 e. The summed E-state index contributed by atoms with van der Waals surface area (Å²) >= 11 is 5.35. The van der Waals surface area contributed by atoms with E-state index in [0.29, 0.717) is 10.7 Å². The van der Waals surface area contributed by atoms with Crippen molar-refractivity contribution in [3.05, 3.63) is 23.8 Å². The van der Waals surface area contributed by atoms with Crippen molar-refractivity contribution in [2.45, 2.75) is 20.3 Å². The van der Waals surface area contributed by atoms with Crippen LogP contribution in [0.3, 0.4) is 0 Å². The molecule has 0 heterocycles. The highest BCUT2D eigenvalue weighted by atomic mass is 32.1. The Hall–Kier alpha value is -1.33. The minimum atomic E-state index is 0.129. The Labute approximate surface area is 126 Å². The molecule has 0 saturated heterocycles. The molecule has 0 bridgehead atoms. The second-order valence-electron chi connectivity index (χ2n) is 4.70. The summed E-state index contributed by atoms with van der Waals surface area (Å²) in [6.45, 7) is 8.76. The number of benzene rings is 1. The highest BCUT2D eigenvalue weighted by molar-refractivity contribution is 7.80. The molecule has 0 atom stereocenters. The summed E-state index contributed by atoms with van der Waals surface area (Å²) in [6.07, 6.45) is 1.09. The van der Waals surface area contributed by atoms with E-state index in [4.69, 9.17) is 17.0 Å². The topological polar surface area (TPSA) is 45.9 Å². The first-order valence-corrected chi connectivity index (χ1v) is 7.51. The molecule has 0 fully saturated rings. The summed E-state index contributed by atoms with van der Waals surface area (Å²) in [6, 6.07) is 5.14. The number of phenolic OH excluding ortho intramolecular Hbond substituents is 1. The Balaban J connectivity index is 2.43. The smallest absolute Gasteiger partial charge is 0.161 e. The minimum Gasteiger partial charge on any atom is -0.504 e. The molecule has 0 aliphatic carbocycles. The van der Waals surface area contributed by atoms with Gasteiger partial charge in [-0.1, -0.05) is 12.2 Å². The fourth-order valence-corrected chi connectivity index (χ4v) is 2.29. The number of phenols is 1. The zero-order valence-electron chi connectivity index (χ0n) is 12.5. The van der Waals surface area contributed by atoms with E-state index in [1.165, 1.54) is 7.11 Å². The summed E-state index contributed by atoms with van der Waals surface area (Å²) in [5.41, 5.74) is 0.866. The predicted molar refractivity (Wildman–Crippen MR) is 85.9 cm³/mol. The molecule has 0 saturated carbocycles. The Morgan fingerprint density at radius 2 is 2.05 bits per heavy atom. The summed E-state index contributed by atoms with van der Waals surface area (Å²) < 4.78 is 5.08. The van der Waals surface area contributed by atoms with Gasteiger partial charge in [-0.2, -0.15) is 0 Å². The number of thiocarbonyl (C=S) groups is 1. The van der Waals surface area contributed by atoms with Crippen LogP contribution in [0.5, 0.6) is 11.5 Å². The Kier molecular flexibility index (Phi) is 7.33. The van der Waals surface area contributed by atoms with E-state index < -0.39 is 0 Å². The van der Waals surface area contributed by atoms with Gasteiger partial charge in [0.15, 0.2) is 11.5 Å². The molecule has 3 N–H and O–H groups in total. The lowest BCUT2D eigenvalue weighted by molar-refractivity contribution is -0.896. The second kappa shape index (κ2) is 8.76. The number of quaternary nitrogens is 1. The third-order valence-corrected chi connectivity index (χ3v) is 3.81. The Morgan fingerprint density at radius 1 is 1.35 bits per heavy atom. The summed E-state index contributed by atoms with van der Waals surface area (Å²) in [5, 5.41) is 12.8. The fraction of sp³-hybridized carbons (Fsp3) is 0.533. The van der Waals surface area contributed by atoms with Crippen LogP contribution in [0.25, 0.3) is 0 Å². The molecule has 0 spiro atoms. The summed E-state index contributed by atoms with van der Waals surface area (Å²) in [5.74, 6) is 0.573. The van der Waals surface area contributed by atoms with E-state index in [9.17, 15) is 5.11 Å². The number of aromatic hydroxyl groups is 1. The van der Waals surface area contributed by atoms with Crippen molar-refractivity contribution < 1.29 is 14.7 Å². The first-order chi connectivity index (χ1) is 9.62. The van der Waals surface area contributed by atoms with Gasteiger partial charge in [0.25, 0.3) is 0 Å². The van der Waals surface area contributed by atoms with Crippen LogP contribution in [0.4, 0.5) is 0 Å². The molecule has 0 amide bonds. The van der Waals surface area contributed by atoms with Crippen molar-refractivity contribution in [1.29, 1.82) is 0 Å². The molecule has 5 heteroatoms. The van der Waals surface area contributed by atoms with Crippen LogP contribution in [0.1, 0.15) is 25.8 Å². The molecule has 1 aromatic carbocycles. The van der Waals surface area contributed by atoms with Crippen LogP contribution in [0, 0.1) is 0 Å². The van der Waals surface area contributed by atoms with Crippen LogP contribution >= 0.6 is 12.2 Å². The third kappa shape index (κ3) is 4.98. The van der Waals surface area contributed by atoms with Crippen molar-refractivity contribution in [1.82, 2.24) is 5.32 Å². The zero-order valence-corrected chi connectivity index (χ0v) is 13.3. The van der Waals surface area contributed by atoms with Gasteiger partial charge < -0.3 is 20.1 Å². The maximum atomic E-state index is 9.55. The molecule has 1 rings (SSSR count). The molecule has 0 radical (unpaired) electrons. The first-order valence-electron chi connectivity index (χ1n) is 7.11. The van der Waals surface area contributed by atoms with Crippen molar-refractivity contribution in [2.75, 3.05) is 33.3 Å². The molecular weight excluding hydrogens is 272 g/mol. The van der Waals surface area contributed by atoms with E-state index in [1.54, 1.807) is 23.1 Å². The van der Waals surface area contributed by atoms with Crippen molar-refractivity contribution in [3.63, 3.8) is 0 Å². The molecule has 112 valence electrons. The first kappa shape index (κ1) is 16.7. The van der Waals surface area contributed by atoms with E-state index in [0.717, 1.165) is 38.2 Å². The van der Waals surface area contributed by atoms with Gasteiger partial charge in [0, 0.05) is 18.5 Å². The quantitative estimate of drug-likeness (QED) is 0.494. The number of hydrogen-bond acceptors (Lipinski definition) is 3. The number of rotatable bonds is 8. The number of hydrogen-bond donors (Lipinski definition) is 3. The van der Waals surface area contributed by atoms with Crippen LogP contribution in [-0.4, -0.2) is 43.4 Å². The standard InChI is InChI=1S/C15H24N2O2S/c1-4-17(5-2)10-6-9-16-15(20)12-7-8-13(18)14(11-12)19-3/h7-8,11,18H,4-6,9-10H2,1-3H3,(H,16,20)/p+1. The van der Waals surface area contributed by atoms with Gasteiger partial charge >= 0.3 is 0 Å². The van der Waals surface area contributed by atoms with E-state index in [-0.39, 0.29) is 5.75 Å². The molecule has 0 unspecified atom stereocenters. The predicted octanol–water partition coefficient (Wildman–Crippen LogP) is 0.981. The highest BCUT2D eigenvalue weighted by Gasteiger charge is 2.07. The molecule has 0 aliphatic heterocycles. The molecule has 0 aromatic heterocycles. The average Bonchev–Trinajstić information content (AvgIpc) is 2.47. The largest absolute Gasteiger partial charge is 0.504 e. The van der Waals surface area contributed by atoms with Gasteiger partial charge in [-0.3, -0.25) is 0 Å². The van der Waals surface area contributed by atoms with Crippen LogP contribution in [0.15, 0.2) is 18.2 Å². The van der Waals surface area contributed by atoms with Gasteiger partial charge in [-0.05, 0) is 32.0 Å². The van der Waals surface area contributed by atoms with Crippen molar-refractivity contribution in [3.8, 4) is 11.5 Å². The minimum absolute atomic E-state index is 0.129. The lowest BCUT2D eigenvalue weighted by Crippen LogP contribution is -3.11. The molecule has 20 heavy (non-hydrogen) atoms. The van der Waals surface area contributed by atoms with Gasteiger partial charge in [-0.25, -0.2) is 0 Å². The number of methoxy groups -OCH3 is 1. The summed E-state index contributed by atoms with van der Waals surface area (Å²) in [7, 11) is 1.53. The fourth-order valence-electron chi connectivity index (χ4n) is 2.06. The molecule has 0 aliphatic rings.